The van der Waals surface area contributed by atoms with Gasteiger partial charge in [0.25, 0.3) is 5.56 Å². The molecule has 0 fully saturated rings. The minimum Gasteiger partial charge on any atom is -0.463 e. The molecular weight excluding hydrogens is 577 g/mol. The van der Waals surface area contributed by atoms with Crippen LogP contribution in [-0.4, -0.2) is 17.1 Å². The molecule has 0 radical (unpaired) electrons. The van der Waals surface area contributed by atoms with Crippen LogP contribution in [-0.2, 0) is 15.7 Å². The molecule has 0 bridgehead atoms. The van der Waals surface area contributed by atoms with Crippen molar-refractivity contribution >= 4 is 29.1 Å². The lowest BCUT2D eigenvalue weighted by Gasteiger charge is -2.25. The first kappa shape index (κ1) is 28.2. The van der Waals surface area contributed by atoms with Crippen molar-refractivity contribution < 1.29 is 27.1 Å². The molecule has 0 unspecified atom stereocenters. The average molecular weight is 601 g/mol. The van der Waals surface area contributed by atoms with Crippen molar-refractivity contribution in [1.82, 2.24) is 4.57 Å². The summed E-state index contributed by atoms with van der Waals surface area (Å²) in [6, 6.07) is 25.6. The van der Waals surface area contributed by atoms with Crippen molar-refractivity contribution in [3.8, 4) is 11.3 Å². The summed E-state index contributed by atoms with van der Waals surface area (Å²) in [5.74, 6) is -0.0740. The molecule has 0 N–H and O–H groups in total. The summed E-state index contributed by atoms with van der Waals surface area (Å²) in [5, 5.41) is 0. The lowest BCUT2D eigenvalue weighted by Crippen LogP contribution is -2.39. The van der Waals surface area contributed by atoms with E-state index < -0.39 is 29.3 Å². The van der Waals surface area contributed by atoms with Crippen LogP contribution < -0.4 is 14.9 Å². The number of rotatable bonds is 6. The van der Waals surface area contributed by atoms with E-state index in [4.69, 9.17) is 14.1 Å². The first-order chi connectivity index (χ1) is 20.7. The maximum Gasteiger partial charge on any atom is 0.416 e. The van der Waals surface area contributed by atoms with Crippen molar-refractivity contribution in [2.45, 2.75) is 19.1 Å². The molecular formula is C33H23F3N2O4S. The van der Waals surface area contributed by atoms with Crippen LogP contribution in [0.2, 0.25) is 0 Å². The van der Waals surface area contributed by atoms with Gasteiger partial charge >= 0.3 is 12.1 Å². The Labute approximate surface area is 247 Å². The summed E-state index contributed by atoms with van der Waals surface area (Å²) >= 11 is 1.12. The molecule has 0 aliphatic carbocycles. The van der Waals surface area contributed by atoms with Crippen LogP contribution in [0.5, 0.6) is 0 Å². The lowest BCUT2D eigenvalue weighted by molar-refractivity contribution is -0.139. The van der Waals surface area contributed by atoms with E-state index >= 15 is 0 Å². The van der Waals surface area contributed by atoms with Crippen molar-refractivity contribution in [2.24, 2.45) is 4.99 Å². The van der Waals surface area contributed by atoms with Crippen LogP contribution in [0.25, 0.3) is 23.1 Å². The van der Waals surface area contributed by atoms with E-state index in [0.717, 1.165) is 23.5 Å². The van der Waals surface area contributed by atoms with Gasteiger partial charge in [0.15, 0.2) is 4.80 Å². The van der Waals surface area contributed by atoms with Gasteiger partial charge in [0.2, 0.25) is 0 Å². The molecule has 0 amide bonds. The summed E-state index contributed by atoms with van der Waals surface area (Å²) in [6.45, 7) is 1.85. The molecule has 3 aromatic carbocycles. The Morgan fingerprint density at radius 3 is 2.37 bits per heavy atom. The van der Waals surface area contributed by atoms with Crippen LogP contribution in [0.3, 0.4) is 0 Å². The van der Waals surface area contributed by atoms with Gasteiger partial charge in [0, 0.05) is 17.2 Å². The highest BCUT2D eigenvalue weighted by molar-refractivity contribution is 7.07. The SMILES string of the molecule is CCOC(=O)C1=C(c2ccccc2)N=c2s/c(=C\c3ccc(-c4cccc(C(F)(F)F)c4)o3)c(=O)n2[C@H]1c1ccccc1. The quantitative estimate of drug-likeness (QED) is 0.217. The summed E-state index contributed by atoms with van der Waals surface area (Å²) < 4.78 is 52.7. The monoisotopic (exact) mass is 600 g/mol. The number of carbonyl (C=O) groups excluding carboxylic acids is 1. The number of fused-ring (bicyclic) bond motifs is 1. The second-order valence-electron chi connectivity index (χ2n) is 9.62. The van der Waals surface area contributed by atoms with Crippen molar-refractivity contribution in [1.29, 1.82) is 0 Å². The summed E-state index contributed by atoms with van der Waals surface area (Å²) in [6.07, 6.45) is -2.96. The van der Waals surface area contributed by atoms with E-state index in [1.54, 1.807) is 19.1 Å². The number of furan rings is 1. The predicted molar refractivity (Wildman–Crippen MR) is 157 cm³/mol. The zero-order chi connectivity index (χ0) is 30.1. The van der Waals surface area contributed by atoms with Crippen LogP contribution in [0, 0.1) is 0 Å². The highest BCUT2D eigenvalue weighted by atomic mass is 32.1. The van der Waals surface area contributed by atoms with Gasteiger partial charge in [-0.3, -0.25) is 9.36 Å². The third kappa shape index (κ3) is 5.49. The Bertz CT molecular complexity index is 2020. The number of carbonyl (C=O) groups is 1. The molecule has 0 saturated carbocycles. The Kier molecular flexibility index (Phi) is 7.45. The van der Waals surface area contributed by atoms with Gasteiger partial charge in [-0.25, -0.2) is 9.79 Å². The second-order valence-corrected chi connectivity index (χ2v) is 10.6. The number of ether oxygens (including phenoxy) is 1. The molecule has 216 valence electrons. The Morgan fingerprint density at radius 2 is 1.67 bits per heavy atom. The van der Waals surface area contributed by atoms with Gasteiger partial charge in [-0.15, -0.1) is 0 Å². The van der Waals surface area contributed by atoms with Gasteiger partial charge in [-0.1, -0.05) is 84.1 Å². The van der Waals surface area contributed by atoms with Gasteiger partial charge in [-0.05, 0) is 36.8 Å². The number of halogens is 3. The van der Waals surface area contributed by atoms with Crippen molar-refractivity contribution in [3.05, 3.63) is 145 Å². The third-order valence-corrected chi connectivity index (χ3v) is 7.85. The predicted octanol–water partition coefficient (Wildman–Crippen LogP) is 6.21. The minimum atomic E-state index is -4.49. The Balaban J connectivity index is 1.51. The number of esters is 1. The third-order valence-electron chi connectivity index (χ3n) is 6.86. The smallest absolute Gasteiger partial charge is 0.416 e. The second kappa shape index (κ2) is 11.4. The van der Waals surface area contributed by atoms with E-state index in [9.17, 15) is 22.8 Å². The molecule has 10 heteroatoms. The van der Waals surface area contributed by atoms with Crippen LogP contribution in [0.15, 0.2) is 117 Å². The first-order valence-electron chi connectivity index (χ1n) is 13.4. The fourth-order valence-electron chi connectivity index (χ4n) is 4.95. The van der Waals surface area contributed by atoms with Gasteiger partial charge in [0.1, 0.15) is 11.5 Å². The molecule has 6 nitrogen and oxygen atoms in total. The maximum atomic E-state index is 13.9. The average Bonchev–Trinajstić information content (AvgIpc) is 3.61. The maximum absolute atomic E-state index is 13.9. The van der Waals surface area contributed by atoms with E-state index in [0.29, 0.717) is 21.6 Å². The molecule has 43 heavy (non-hydrogen) atoms. The number of alkyl halides is 3. The molecule has 0 spiro atoms. The summed E-state index contributed by atoms with van der Waals surface area (Å²) in [7, 11) is 0. The molecule has 0 saturated heterocycles. The standard InChI is InChI=1S/C33H23F3N2O4S/c1-2-41-31(40)27-28(20-10-5-3-6-11-20)37-32-38(29(27)21-12-7-4-8-13-21)30(39)26(43-32)19-24-16-17-25(42-24)22-14-9-15-23(18-22)33(34,35)36/h3-19,29H,2H2,1H3/b26-19-/t29-/m0/s1. The number of nitrogens with zero attached hydrogens (tertiary/aromatic N) is 2. The van der Waals surface area contributed by atoms with Crippen LogP contribution in [0.4, 0.5) is 13.2 Å². The van der Waals surface area contributed by atoms with Gasteiger partial charge < -0.3 is 9.15 Å². The number of hydrogen-bond donors (Lipinski definition) is 0. The summed E-state index contributed by atoms with van der Waals surface area (Å²) in [4.78, 5) is 32.6. The zero-order valence-corrected chi connectivity index (χ0v) is 23.5. The highest BCUT2D eigenvalue weighted by Gasteiger charge is 2.35. The van der Waals surface area contributed by atoms with E-state index in [1.165, 1.54) is 22.8 Å². The summed E-state index contributed by atoms with van der Waals surface area (Å²) in [5.41, 5.74) is 1.11. The molecule has 6 rings (SSSR count). The minimum absolute atomic E-state index is 0.142. The molecule has 3 heterocycles. The van der Waals surface area contributed by atoms with Crippen LogP contribution >= 0.6 is 11.3 Å². The fraction of sp³-hybridized carbons (Fsp3) is 0.121. The zero-order valence-electron chi connectivity index (χ0n) is 22.7. The Morgan fingerprint density at radius 1 is 0.977 bits per heavy atom. The van der Waals surface area contributed by atoms with Gasteiger partial charge in [0.05, 0.1) is 34.0 Å². The number of thiazole rings is 1. The van der Waals surface area contributed by atoms with Crippen molar-refractivity contribution in [3.63, 3.8) is 0 Å². The largest absolute Gasteiger partial charge is 0.463 e. The number of aromatic nitrogens is 1. The molecule has 1 aliphatic rings. The Hall–Kier alpha value is -4.96. The fourth-order valence-corrected chi connectivity index (χ4v) is 5.94. The lowest BCUT2D eigenvalue weighted by atomic mass is 9.93. The van der Waals surface area contributed by atoms with E-state index in [1.807, 2.05) is 60.7 Å². The van der Waals surface area contributed by atoms with E-state index in [-0.39, 0.29) is 33.8 Å². The molecule has 2 aromatic heterocycles. The molecule has 1 aliphatic heterocycles. The molecule has 5 aromatic rings. The van der Waals surface area contributed by atoms with E-state index in [2.05, 4.69) is 0 Å². The first-order valence-corrected chi connectivity index (χ1v) is 14.2. The van der Waals surface area contributed by atoms with Gasteiger partial charge in [-0.2, -0.15) is 13.2 Å². The normalized spacial score (nSPS) is 15.3. The topological polar surface area (TPSA) is 73.8 Å². The molecule has 1 atom stereocenters. The number of hydrogen-bond acceptors (Lipinski definition) is 6. The van der Waals surface area contributed by atoms with Crippen LogP contribution in [0.1, 0.15) is 35.4 Å². The highest BCUT2D eigenvalue weighted by Crippen LogP contribution is 2.35. The number of benzene rings is 3. The van der Waals surface area contributed by atoms with Crippen molar-refractivity contribution in [2.75, 3.05) is 6.61 Å².